The van der Waals surface area contributed by atoms with Gasteiger partial charge < -0.3 is 10.5 Å². The first-order valence-corrected chi connectivity index (χ1v) is 4.18. The molecule has 0 unspecified atom stereocenters. The number of carbonyl (C=O) groups excluding carboxylic acids is 1. The molecule has 3 heteroatoms. The van der Waals surface area contributed by atoms with Crippen LogP contribution in [0.25, 0.3) is 0 Å². The Bertz CT molecular complexity index is 203. The molecule has 0 heterocycles. The van der Waals surface area contributed by atoms with Crippen molar-refractivity contribution in [1.82, 2.24) is 0 Å². The van der Waals surface area contributed by atoms with Crippen LogP contribution in [0.5, 0.6) is 0 Å². The molecule has 0 atom stereocenters. The third kappa shape index (κ3) is 1.37. The van der Waals surface area contributed by atoms with Crippen molar-refractivity contribution in [3.8, 4) is 0 Å². The van der Waals surface area contributed by atoms with Gasteiger partial charge in [-0.2, -0.15) is 0 Å². The van der Waals surface area contributed by atoms with E-state index in [0.29, 0.717) is 26.0 Å². The number of rotatable bonds is 3. The van der Waals surface area contributed by atoms with Crippen LogP contribution in [0.15, 0.2) is 12.2 Å². The van der Waals surface area contributed by atoms with Gasteiger partial charge in [-0.25, -0.2) is 0 Å². The molecule has 1 aliphatic rings. The van der Waals surface area contributed by atoms with Gasteiger partial charge in [-0.3, -0.25) is 4.79 Å². The Hall–Kier alpha value is -0.830. The van der Waals surface area contributed by atoms with E-state index in [9.17, 15) is 4.79 Å². The molecule has 0 amide bonds. The highest BCUT2D eigenvalue weighted by atomic mass is 16.5. The third-order valence-electron chi connectivity index (χ3n) is 2.28. The zero-order valence-corrected chi connectivity index (χ0v) is 7.43. The van der Waals surface area contributed by atoms with Gasteiger partial charge in [0.1, 0.15) is 0 Å². The summed E-state index contributed by atoms with van der Waals surface area (Å²) in [6.45, 7) is 6.37. The number of hydrogen-bond acceptors (Lipinski definition) is 3. The Labute approximate surface area is 72.6 Å². The highest BCUT2D eigenvalue weighted by Gasteiger charge is 2.46. The second kappa shape index (κ2) is 3.27. The van der Waals surface area contributed by atoms with Crippen LogP contribution < -0.4 is 5.73 Å². The summed E-state index contributed by atoms with van der Waals surface area (Å²) < 4.78 is 4.93. The number of esters is 1. The second-order valence-corrected chi connectivity index (χ2v) is 3.31. The molecule has 3 nitrogen and oxygen atoms in total. The van der Waals surface area contributed by atoms with E-state index in [4.69, 9.17) is 10.5 Å². The topological polar surface area (TPSA) is 52.3 Å². The molecule has 0 aromatic carbocycles. The van der Waals surface area contributed by atoms with Crippen LogP contribution in [0.3, 0.4) is 0 Å². The highest BCUT2D eigenvalue weighted by molar-refractivity contribution is 5.80. The summed E-state index contributed by atoms with van der Waals surface area (Å²) in [6, 6.07) is 0. The van der Waals surface area contributed by atoms with Crippen molar-refractivity contribution in [2.75, 3.05) is 13.2 Å². The predicted octanol–water partition coefficient (Wildman–Crippen LogP) is 0.845. The summed E-state index contributed by atoms with van der Waals surface area (Å²) in [5.74, 6) is -0.167. The lowest BCUT2D eigenvalue weighted by molar-refractivity contribution is -0.157. The van der Waals surface area contributed by atoms with Crippen LogP contribution >= 0.6 is 0 Å². The average Bonchev–Trinajstić information content (AvgIpc) is 1.98. The summed E-state index contributed by atoms with van der Waals surface area (Å²) >= 11 is 0. The summed E-state index contributed by atoms with van der Waals surface area (Å²) in [7, 11) is 0. The van der Waals surface area contributed by atoms with E-state index in [0.717, 1.165) is 5.57 Å². The molecule has 68 valence electrons. The van der Waals surface area contributed by atoms with Gasteiger partial charge in [0.25, 0.3) is 0 Å². The molecule has 2 N–H and O–H groups in total. The highest BCUT2D eigenvalue weighted by Crippen LogP contribution is 2.44. The first-order valence-electron chi connectivity index (χ1n) is 4.18. The van der Waals surface area contributed by atoms with Gasteiger partial charge in [-0.1, -0.05) is 12.2 Å². The molecule has 0 aromatic rings. The molecule has 1 aliphatic carbocycles. The lowest BCUT2D eigenvalue weighted by Crippen LogP contribution is -2.46. The van der Waals surface area contributed by atoms with Crippen LogP contribution in [0.1, 0.15) is 19.8 Å². The maximum Gasteiger partial charge on any atom is 0.314 e. The van der Waals surface area contributed by atoms with Crippen molar-refractivity contribution in [3.05, 3.63) is 12.2 Å². The zero-order chi connectivity index (χ0) is 9.19. The van der Waals surface area contributed by atoms with Gasteiger partial charge in [-0.05, 0) is 19.8 Å². The first kappa shape index (κ1) is 9.26. The molecular formula is C9H15NO2. The van der Waals surface area contributed by atoms with Crippen molar-refractivity contribution >= 4 is 5.97 Å². The standard InChI is InChI=1S/C9H15NO2/c1-3-12-8(11)9(6-10)4-7(2)5-9/h2-6,10H2,1H3. The fraction of sp³-hybridized carbons (Fsp3) is 0.667. The minimum absolute atomic E-state index is 0.167. The maximum absolute atomic E-state index is 11.4. The Balaban J connectivity index is 2.57. The summed E-state index contributed by atoms with van der Waals surface area (Å²) in [5.41, 5.74) is 6.17. The van der Waals surface area contributed by atoms with E-state index in [1.165, 1.54) is 0 Å². The van der Waals surface area contributed by atoms with Gasteiger partial charge in [-0.15, -0.1) is 0 Å². The smallest absolute Gasteiger partial charge is 0.314 e. The zero-order valence-electron chi connectivity index (χ0n) is 7.43. The van der Waals surface area contributed by atoms with Gasteiger partial charge in [0, 0.05) is 6.54 Å². The molecular weight excluding hydrogens is 154 g/mol. The SMILES string of the molecule is C=C1CC(CN)(C(=O)OCC)C1. The maximum atomic E-state index is 11.4. The second-order valence-electron chi connectivity index (χ2n) is 3.31. The minimum atomic E-state index is -0.437. The molecule has 0 aliphatic heterocycles. The molecule has 12 heavy (non-hydrogen) atoms. The lowest BCUT2D eigenvalue weighted by Gasteiger charge is -2.39. The Morgan fingerprint density at radius 1 is 1.75 bits per heavy atom. The van der Waals surface area contributed by atoms with Crippen LogP contribution in [-0.4, -0.2) is 19.1 Å². The van der Waals surface area contributed by atoms with Gasteiger partial charge in [0.2, 0.25) is 0 Å². The van der Waals surface area contributed by atoms with Gasteiger partial charge >= 0.3 is 5.97 Å². The largest absolute Gasteiger partial charge is 0.466 e. The Morgan fingerprint density at radius 2 is 2.33 bits per heavy atom. The minimum Gasteiger partial charge on any atom is -0.466 e. The van der Waals surface area contributed by atoms with Crippen molar-refractivity contribution in [1.29, 1.82) is 0 Å². The average molecular weight is 169 g/mol. The van der Waals surface area contributed by atoms with Crippen LogP contribution in [0.4, 0.5) is 0 Å². The third-order valence-corrected chi connectivity index (χ3v) is 2.28. The fourth-order valence-electron chi connectivity index (χ4n) is 1.56. The quantitative estimate of drug-likeness (QED) is 0.503. The molecule has 1 fully saturated rings. The molecule has 1 saturated carbocycles. The summed E-state index contributed by atoms with van der Waals surface area (Å²) in [6.07, 6.45) is 1.39. The monoisotopic (exact) mass is 169 g/mol. The fourth-order valence-corrected chi connectivity index (χ4v) is 1.56. The van der Waals surface area contributed by atoms with Crippen LogP contribution in [-0.2, 0) is 9.53 Å². The summed E-state index contributed by atoms with van der Waals surface area (Å²) in [5, 5.41) is 0. The Kier molecular flexibility index (Phi) is 2.52. The summed E-state index contributed by atoms with van der Waals surface area (Å²) in [4.78, 5) is 11.4. The first-order chi connectivity index (χ1) is 5.64. The van der Waals surface area contributed by atoms with Crippen molar-refractivity contribution in [2.45, 2.75) is 19.8 Å². The van der Waals surface area contributed by atoms with E-state index in [1.807, 2.05) is 0 Å². The van der Waals surface area contributed by atoms with E-state index < -0.39 is 5.41 Å². The van der Waals surface area contributed by atoms with Gasteiger partial charge in [0.05, 0.1) is 12.0 Å². The molecule has 0 saturated heterocycles. The Morgan fingerprint density at radius 3 is 2.67 bits per heavy atom. The normalized spacial score (nSPS) is 20.0. The van der Waals surface area contributed by atoms with E-state index in [1.54, 1.807) is 6.92 Å². The molecule has 1 rings (SSSR count). The van der Waals surface area contributed by atoms with Crippen LogP contribution in [0, 0.1) is 5.41 Å². The van der Waals surface area contributed by atoms with Crippen molar-refractivity contribution in [2.24, 2.45) is 11.1 Å². The number of nitrogens with two attached hydrogens (primary N) is 1. The van der Waals surface area contributed by atoms with Crippen molar-refractivity contribution in [3.63, 3.8) is 0 Å². The van der Waals surface area contributed by atoms with Crippen molar-refractivity contribution < 1.29 is 9.53 Å². The number of ether oxygens (including phenoxy) is 1. The number of allylic oxidation sites excluding steroid dienone is 1. The van der Waals surface area contributed by atoms with E-state index in [-0.39, 0.29) is 5.97 Å². The lowest BCUT2D eigenvalue weighted by atomic mass is 9.66. The van der Waals surface area contributed by atoms with E-state index in [2.05, 4.69) is 6.58 Å². The molecule has 0 aromatic heterocycles. The number of hydrogen-bond donors (Lipinski definition) is 1. The van der Waals surface area contributed by atoms with Crippen LogP contribution in [0.2, 0.25) is 0 Å². The number of carbonyl (C=O) groups is 1. The molecule has 0 radical (unpaired) electrons. The van der Waals surface area contributed by atoms with E-state index >= 15 is 0 Å². The van der Waals surface area contributed by atoms with Gasteiger partial charge in [0.15, 0.2) is 0 Å². The predicted molar refractivity (Wildman–Crippen MR) is 46.5 cm³/mol. The molecule has 0 spiro atoms. The molecule has 0 bridgehead atoms.